The fourth-order valence-electron chi connectivity index (χ4n) is 6.86. The summed E-state index contributed by atoms with van der Waals surface area (Å²) in [6.45, 7) is 0. The Morgan fingerprint density at radius 3 is 1.25 bits per heavy atom. The van der Waals surface area contributed by atoms with Gasteiger partial charge in [-0.1, -0.05) is 176 Å². The first-order valence-corrected chi connectivity index (χ1v) is 17.5. The van der Waals surface area contributed by atoms with Crippen molar-refractivity contribution in [3.63, 3.8) is 0 Å². The molecule has 3 nitrogen and oxygen atoms in total. The predicted molar refractivity (Wildman–Crippen MR) is 215 cm³/mol. The van der Waals surface area contributed by atoms with Gasteiger partial charge in [0, 0.05) is 16.7 Å². The maximum Gasteiger partial charge on any atom is 0.164 e. The molecule has 0 N–H and O–H groups in total. The Labute approximate surface area is 303 Å². The van der Waals surface area contributed by atoms with Crippen LogP contribution in [-0.4, -0.2) is 15.0 Å². The number of fused-ring (bicyclic) bond motifs is 1. The number of nitrogens with zero attached hydrogens (tertiary/aromatic N) is 3. The van der Waals surface area contributed by atoms with Crippen molar-refractivity contribution in [3.8, 4) is 78.7 Å². The highest BCUT2D eigenvalue weighted by atomic mass is 15.0. The molecule has 0 unspecified atom stereocenters. The van der Waals surface area contributed by atoms with Crippen LogP contribution in [0.1, 0.15) is 0 Å². The van der Waals surface area contributed by atoms with E-state index in [2.05, 4.69) is 133 Å². The quantitative estimate of drug-likeness (QED) is 0.170. The van der Waals surface area contributed by atoms with E-state index in [1.807, 2.05) is 66.7 Å². The van der Waals surface area contributed by atoms with Gasteiger partial charge in [0.2, 0.25) is 0 Å². The molecule has 0 spiro atoms. The van der Waals surface area contributed by atoms with Gasteiger partial charge in [0.15, 0.2) is 17.5 Å². The molecule has 0 aliphatic rings. The lowest BCUT2D eigenvalue weighted by atomic mass is 9.93. The third kappa shape index (κ3) is 6.28. The van der Waals surface area contributed by atoms with E-state index in [1.54, 1.807) is 0 Å². The smallest absolute Gasteiger partial charge is 0.164 e. The summed E-state index contributed by atoms with van der Waals surface area (Å²) in [6, 6.07) is 70.1. The van der Waals surface area contributed by atoms with Crippen molar-refractivity contribution in [2.75, 3.05) is 0 Å². The molecule has 9 rings (SSSR count). The van der Waals surface area contributed by atoms with Gasteiger partial charge in [0.1, 0.15) is 0 Å². The van der Waals surface area contributed by atoms with Crippen LogP contribution in [0.15, 0.2) is 200 Å². The first-order valence-electron chi connectivity index (χ1n) is 17.5. The van der Waals surface area contributed by atoms with E-state index < -0.39 is 0 Å². The molecule has 9 aromatic rings. The van der Waals surface area contributed by atoms with Crippen molar-refractivity contribution >= 4 is 10.8 Å². The fraction of sp³-hybridized carbons (Fsp3) is 0. The van der Waals surface area contributed by atoms with Gasteiger partial charge in [-0.25, -0.2) is 15.0 Å². The van der Waals surface area contributed by atoms with Gasteiger partial charge >= 0.3 is 0 Å². The Morgan fingerprint density at radius 1 is 0.231 bits per heavy atom. The monoisotopic (exact) mass is 663 g/mol. The van der Waals surface area contributed by atoms with E-state index in [9.17, 15) is 0 Å². The van der Waals surface area contributed by atoms with E-state index >= 15 is 0 Å². The molecule has 0 aliphatic heterocycles. The van der Waals surface area contributed by atoms with Gasteiger partial charge in [0.25, 0.3) is 0 Å². The van der Waals surface area contributed by atoms with Crippen LogP contribution in [0.2, 0.25) is 0 Å². The van der Waals surface area contributed by atoms with Crippen LogP contribution in [0.25, 0.3) is 89.4 Å². The van der Waals surface area contributed by atoms with Crippen LogP contribution >= 0.6 is 0 Å². The summed E-state index contributed by atoms with van der Waals surface area (Å²) >= 11 is 0. The van der Waals surface area contributed by atoms with Gasteiger partial charge in [-0.05, 0) is 79.5 Å². The molecule has 0 atom stereocenters. The highest BCUT2D eigenvalue weighted by molar-refractivity contribution is 5.97. The van der Waals surface area contributed by atoms with Crippen LogP contribution in [0.4, 0.5) is 0 Å². The largest absolute Gasteiger partial charge is 0.208 e. The van der Waals surface area contributed by atoms with Crippen molar-refractivity contribution in [2.45, 2.75) is 0 Å². The molecule has 0 amide bonds. The van der Waals surface area contributed by atoms with E-state index in [1.165, 1.54) is 27.5 Å². The highest BCUT2D eigenvalue weighted by Gasteiger charge is 2.15. The maximum atomic E-state index is 5.06. The maximum absolute atomic E-state index is 5.06. The normalized spacial score (nSPS) is 11.1. The molecule has 0 radical (unpaired) electrons. The summed E-state index contributed by atoms with van der Waals surface area (Å²) in [5, 5.41) is 2.51. The third-order valence-electron chi connectivity index (χ3n) is 9.51. The SMILES string of the molecule is c1ccc(-c2cc(-c3cccc(-c4ccc(-c5cccc6ccccc56)cc4)c3)cc(-c3nc(-c4ccccc4)nc(-c4ccccc4)n3)c2)cc1. The first kappa shape index (κ1) is 31.0. The lowest BCUT2D eigenvalue weighted by Gasteiger charge is -2.13. The molecule has 0 saturated carbocycles. The molecule has 1 aromatic heterocycles. The van der Waals surface area contributed by atoms with Crippen LogP contribution in [0.3, 0.4) is 0 Å². The van der Waals surface area contributed by atoms with Gasteiger partial charge in [-0.15, -0.1) is 0 Å². The summed E-state index contributed by atoms with van der Waals surface area (Å²) in [4.78, 5) is 15.1. The number of aromatic nitrogens is 3. The number of rotatable bonds is 7. The van der Waals surface area contributed by atoms with E-state index in [4.69, 9.17) is 15.0 Å². The number of hydrogen-bond donors (Lipinski definition) is 0. The van der Waals surface area contributed by atoms with Crippen molar-refractivity contribution in [2.24, 2.45) is 0 Å². The minimum atomic E-state index is 0.631. The van der Waals surface area contributed by atoms with E-state index in [0.717, 1.165) is 44.5 Å². The minimum absolute atomic E-state index is 0.631. The zero-order chi connectivity index (χ0) is 34.7. The van der Waals surface area contributed by atoms with E-state index in [-0.39, 0.29) is 0 Å². The second-order valence-electron chi connectivity index (χ2n) is 12.9. The topological polar surface area (TPSA) is 38.7 Å². The first-order chi connectivity index (χ1) is 25.7. The molecule has 8 aromatic carbocycles. The molecule has 1 heterocycles. The van der Waals surface area contributed by atoms with Gasteiger partial charge in [-0.2, -0.15) is 0 Å². The second-order valence-corrected chi connectivity index (χ2v) is 12.9. The fourth-order valence-corrected chi connectivity index (χ4v) is 6.86. The molecular formula is C49H33N3. The van der Waals surface area contributed by atoms with Gasteiger partial charge in [0.05, 0.1) is 0 Å². The molecule has 0 bridgehead atoms. The average Bonchev–Trinajstić information content (AvgIpc) is 3.24. The zero-order valence-corrected chi connectivity index (χ0v) is 28.4. The Bertz CT molecular complexity index is 2590. The zero-order valence-electron chi connectivity index (χ0n) is 28.4. The van der Waals surface area contributed by atoms with Crippen LogP contribution < -0.4 is 0 Å². The summed E-state index contributed by atoms with van der Waals surface area (Å²) in [7, 11) is 0. The molecule has 0 saturated heterocycles. The molecular weight excluding hydrogens is 631 g/mol. The van der Waals surface area contributed by atoms with Crippen LogP contribution in [0.5, 0.6) is 0 Å². The summed E-state index contributed by atoms with van der Waals surface area (Å²) in [5.41, 5.74) is 12.0. The number of hydrogen-bond acceptors (Lipinski definition) is 3. The Balaban J connectivity index is 1.15. The third-order valence-corrected chi connectivity index (χ3v) is 9.51. The summed E-state index contributed by atoms with van der Waals surface area (Å²) in [6.07, 6.45) is 0. The summed E-state index contributed by atoms with van der Waals surface area (Å²) < 4.78 is 0. The average molecular weight is 664 g/mol. The van der Waals surface area contributed by atoms with Crippen molar-refractivity contribution in [3.05, 3.63) is 200 Å². The predicted octanol–water partition coefficient (Wildman–Crippen LogP) is 12.7. The van der Waals surface area contributed by atoms with Crippen LogP contribution in [-0.2, 0) is 0 Å². The van der Waals surface area contributed by atoms with Crippen molar-refractivity contribution in [1.82, 2.24) is 15.0 Å². The minimum Gasteiger partial charge on any atom is -0.208 e. The standard InChI is InChI=1S/C49H33N3/c1-4-14-34(15-5-1)42-31-43(33-44(32-42)49-51-47(38-17-6-2-7-18-38)50-48(52-49)39-19-8-3-9-20-39)41-23-12-22-40(30-41)35-26-28-37(29-27-35)46-25-13-21-36-16-10-11-24-45(36)46/h1-33H. The lowest BCUT2D eigenvalue weighted by molar-refractivity contribution is 1.07. The second kappa shape index (κ2) is 13.7. The van der Waals surface area contributed by atoms with Gasteiger partial charge < -0.3 is 0 Å². The molecule has 0 aliphatic carbocycles. The van der Waals surface area contributed by atoms with Crippen molar-refractivity contribution < 1.29 is 0 Å². The highest BCUT2D eigenvalue weighted by Crippen LogP contribution is 2.36. The van der Waals surface area contributed by atoms with Gasteiger partial charge in [-0.3, -0.25) is 0 Å². The molecule has 52 heavy (non-hydrogen) atoms. The molecule has 3 heteroatoms. The lowest BCUT2D eigenvalue weighted by Crippen LogP contribution is -2.00. The summed E-state index contributed by atoms with van der Waals surface area (Å²) in [5.74, 6) is 1.92. The van der Waals surface area contributed by atoms with Crippen LogP contribution in [0, 0.1) is 0 Å². The molecule has 244 valence electrons. The Hall–Kier alpha value is -6.97. The Kier molecular flexibility index (Phi) is 8.20. The number of benzene rings is 8. The van der Waals surface area contributed by atoms with Crippen molar-refractivity contribution in [1.29, 1.82) is 0 Å². The Morgan fingerprint density at radius 2 is 0.615 bits per heavy atom. The van der Waals surface area contributed by atoms with E-state index in [0.29, 0.717) is 17.5 Å². The molecule has 0 fully saturated rings.